The Morgan fingerprint density at radius 3 is 1.83 bits per heavy atom. The highest BCUT2D eigenvalue weighted by Gasteiger charge is 2.31. The number of hydrogen-bond donors (Lipinski definition) is 1. The molecule has 0 radical (unpaired) electrons. The summed E-state index contributed by atoms with van der Waals surface area (Å²) in [5, 5.41) is 0. The molecule has 1 aliphatic heterocycles. The van der Waals surface area contributed by atoms with E-state index in [4.69, 9.17) is 4.74 Å². The molecule has 0 bridgehead atoms. The summed E-state index contributed by atoms with van der Waals surface area (Å²) in [6.07, 6.45) is 0. The number of benzene rings is 3. The molecule has 1 fully saturated rings. The fourth-order valence-corrected chi connectivity index (χ4v) is 5.66. The smallest absolute Gasteiger partial charge is 0.241 e. The Morgan fingerprint density at radius 2 is 1.34 bits per heavy atom. The lowest BCUT2D eigenvalue weighted by molar-refractivity contribution is -0.134. The first kappa shape index (κ1) is 24.9. The highest BCUT2D eigenvalue weighted by Crippen LogP contribution is 2.29. The van der Waals surface area contributed by atoms with Gasteiger partial charge >= 0.3 is 0 Å². The van der Waals surface area contributed by atoms with Gasteiger partial charge in [-0.3, -0.25) is 9.69 Å². The lowest BCUT2D eigenvalue weighted by Crippen LogP contribution is -2.54. The molecule has 0 aromatic heterocycles. The van der Waals surface area contributed by atoms with Gasteiger partial charge in [0.15, 0.2) is 0 Å². The third-order valence-electron chi connectivity index (χ3n) is 6.29. The summed E-state index contributed by atoms with van der Waals surface area (Å²) in [7, 11) is -2.31. The molecule has 1 saturated heterocycles. The highest BCUT2D eigenvalue weighted by molar-refractivity contribution is 7.89. The van der Waals surface area contributed by atoms with Crippen LogP contribution in [0.3, 0.4) is 0 Å². The molecule has 0 spiro atoms. The van der Waals surface area contributed by atoms with Crippen LogP contribution in [0.2, 0.25) is 0 Å². The van der Waals surface area contributed by atoms with Gasteiger partial charge < -0.3 is 9.64 Å². The molecular formula is C27H31N3O4S. The topological polar surface area (TPSA) is 78.9 Å². The number of nitrogens with zero attached hydrogens (tertiary/aromatic N) is 2. The molecule has 35 heavy (non-hydrogen) atoms. The van der Waals surface area contributed by atoms with E-state index in [0.717, 1.165) is 0 Å². The molecule has 1 N–H and O–H groups in total. The largest absolute Gasteiger partial charge is 0.497 e. The summed E-state index contributed by atoms with van der Waals surface area (Å²) in [6.45, 7) is 4.04. The van der Waals surface area contributed by atoms with Crippen molar-refractivity contribution in [1.29, 1.82) is 0 Å². The first-order valence-corrected chi connectivity index (χ1v) is 13.2. The third-order valence-corrected chi connectivity index (χ3v) is 7.85. The quantitative estimate of drug-likeness (QED) is 0.521. The van der Waals surface area contributed by atoms with Gasteiger partial charge in [0.25, 0.3) is 0 Å². The maximum absolute atomic E-state index is 13.1. The van der Waals surface area contributed by atoms with Gasteiger partial charge in [0.1, 0.15) is 5.75 Å². The van der Waals surface area contributed by atoms with E-state index in [1.165, 1.54) is 30.4 Å². The Hall–Kier alpha value is -3.20. The number of piperazine rings is 1. The summed E-state index contributed by atoms with van der Waals surface area (Å²) in [5.41, 5.74) is 2.41. The number of amides is 1. The molecule has 3 aromatic carbocycles. The number of carbonyl (C=O) groups excluding carboxylic acids is 1. The van der Waals surface area contributed by atoms with E-state index in [2.05, 4.69) is 33.9 Å². The van der Waals surface area contributed by atoms with Crippen LogP contribution in [-0.2, 0) is 14.8 Å². The molecule has 3 aromatic rings. The van der Waals surface area contributed by atoms with Crippen molar-refractivity contribution in [2.24, 2.45) is 0 Å². The van der Waals surface area contributed by atoms with Gasteiger partial charge in [-0.15, -0.1) is 0 Å². The number of hydrogen-bond acceptors (Lipinski definition) is 5. The van der Waals surface area contributed by atoms with Crippen LogP contribution in [-0.4, -0.2) is 63.5 Å². The Balaban J connectivity index is 1.41. The standard InChI is InChI=1S/C27H31N3O4S/c1-21(28-35(32,33)25-15-13-24(34-2)14-16-25)27(31)30-19-17-29(18-20-30)26(22-9-5-3-6-10-22)23-11-7-4-8-12-23/h3-16,21,26,28H,17-20H2,1-2H3/t21-/m1/s1. The minimum atomic E-state index is -3.83. The zero-order valence-electron chi connectivity index (χ0n) is 20.0. The Kier molecular flexibility index (Phi) is 7.85. The molecule has 184 valence electrons. The molecule has 1 heterocycles. The van der Waals surface area contributed by atoms with Crippen molar-refractivity contribution in [3.8, 4) is 5.75 Å². The van der Waals surface area contributed by atoms with Gasteiger partial charge in [-0.1, -0.05) is 60.7 Å². The van der Waals surface area contributed by atoms with Gasteiger partial charge in [0.05, 0.1) is 24.1 Å². The van der Waals surface area contributed by atoms with Gasteiger partial charge in [0.2, 0.25) is 15.9 Å². The predicted octanol–water partition coefficient (Wildman–Crippen LogP) is 3.30. The van der Waals surface area contributed by atoms with Gasteiger partial charge in [0, 0.05) is 26.2 Å². The number of ether oxygens (including phenoxy) is 1. The SMILES string of the molecule is COc1ccc(S(=O)(=O)N[C@H](C)C(=O)N2CCN(C(c3ccccc3)c3ccccc3)CC2)cc1. The van der Waals surface area contributed by atoms with Gasteiger partial charge in [-0.25, -0.2) is 8.42 Å². The summed E-state index contributed by atoms with van der Waals surface area (Å²) in [6, 6.07) is 26.0. The van der Waals surface area contributed by atoms with E-state index in [-0.39, 0.29) is 16.8 Å². The number of nitrogens with one attached hydrogen (secondary N) is 1. The summed E-state index contributed by atoms with van der Waals surface area (Å²) < 4.78 is 33.1. The van der Waals surface area contributed by atoms with E-state index in [1.54, 1.807) is 24.0 Å². The molecule has 1 amide bonds. The number of methoxy groups -OCH3 is 1. The second-order valence-corrected chi connectivity index (χ2v) is 10.3. The number of carbonyl (C=O) groups is 1. The predicted molar refractivity (Wildman–Crippen MR) is 136 cm³/mol. The number of rotatable bonds is 8. The van der Waals surface area contributed by atoms with Crippen molar-refractivity contribution in [3.63, 3.8) is 0 Å². The van der Waals surface area contributed by atoms with E-state index in [0.29, 0.717) is 31.9 Å². The monoisotopic (exact) mass is 493 g/mol. The average molecular weight is 494 g/mol. The van der Waals surface area contributed by atoms with E-state index in [1.807, 2.05) is 36.4 Å². The minimum Gasteiger partial charge on any atom is -0.497 e. The molecule has 4 rings (SSSR count). The second-order valence-electron chi connectivity index (χ2n) is 8.60. The summed E-state index contributed by atoms with van der Waals surface area (Å²) in [5.74, 6) is 0.341. The second kappa shape index (κ2) is 11.0. The van der Waals surface area contributed by atoms with E-state index < -0.39 is 16.1 Å². The molecule has 8 heteroatoms. The summed E-state index contributed by atoms with van der Waals surface area (Å²) >= 11 is 0. The molecule has 0 aliphatic carbocycles. The number of sulfonamides is 1. The maximum atomic E-state index is 13.1. The highest BCUT2D eigenvalue weighted by atomic mass is 32.2. The normalized spacial score (nSPS) is 15.7. The molecule has 1 aliphatic rings. The van der Waals surface area contributed by atoms with Crippen molar-refractivity contribution in [2.45, 2.75) is 23.9 Å². The Morgan fingerprint density at radius 1 is 0.829 bits per heavy atom. The van der Waals surface area contributed by atoms with Crippen LogP contribution in [0.15, 0.2) is 89.8 Å². The molecule has 1 atom stereocenters. The first-order valence-electron chi connectivity index (χ1n) is 11.7. The Bertz CT molecular complexity index is 1170. The summed E-state index contributed by atoms with van der Waals surface area (Å²) in [4.78, 5) is 17.3. The minimum absolute atomic E-state index is 0.0938. The molecule has 7 nitrogen and oxygen atoms in total. The zero-order valence-corrected chi connectivity index (χ0v) is 20.8. The first-order chi connectivity index (χ1) is 16.9. The third kappa shape index (κ3) is 5.90. The zero-order chi connectivity index (χ0) is 24.8. The van der Waals surface area contributed by atoms with E-state index >= 15 is 0 Å². The van der Waals surface area contributed by atoms with Crippen molar-refractivity contribution < 1.29 is 17.9 Å². The Labute approximate surface area is 207 Å². The van der Waals surface area contributed by atoms with E-state index in [9.17, 15) is 13.2 Å². The van der Waals surface area contributed by atoms with Gasteiger partial charge in [-0.05, 0) is 42.3 Å². The van der Waals surface area contributed by atoms with Crippen LogP contribution in [0.1, 0.15) is 24.1 Å². The van der Waals surface area contributed by atoms with Crippen molar-refractivity contribution in [1.82, 2.24) is 14.5 Å². The van der Waals surface area contributed by atoms with Crippen LogP contribution in [0, 0.1) is 0 Å². The van der Waals surface area contributed by atoms with Crippen molar-refractivity contribution >= 4 is 15.9 Å². The fraction of sp³-hybridized carbons (Fsp3) is 0.296. The van der Waals surface area contributed by atoms with Crippen molar-refractivity contribution in [2.75, 3.05) is 33.3 Å². The molecular weight excluding hydrogens is 462 g/mol. The fourth-order valence-electron chi connectivity index (χ4n) is 4.47. The van der Waals surface area contributed by atoms with Crippen LogP contribution in [0.4, 0.5) is 0 Å². The van der Waals surface area contributed by atoms with Gasteiger partial charge in [-0.2, -0.15) is 4.72 Å². The average Bonchev–Trinajstić information content (AvgIpc) is 2.90. The van der Waals surface area contributed by atoms with Crippen LogP contribution >= 0.6 is 0 Å². The lowest BCUT2D eigenvalue weighted by atomic mass is 9.96. The van der Waals surface area contributed by atoms with Crippen molar-refractivity contribution in [3.05, 3.63) is 96.1 Å². The lowest BCUT2D eigenvalue weighted by Gasteiger charge is -2.40. The van der Waals surface area contributed by atoms with Crippen LogP contribution < -0.4 is 9.46 Å². The maximum Gasteiger partial charge on any atom is 0.241 e. The molecule has 0 unspecified atom stereocenters. The van der Waals surface area contributed by atoms with Crippen LogP contribution in [0.25, 0.3) is 0 Å². The molecule has 0 saturated carbocycles. The van der Waals surface area contributed by atoms with Crippen LogP contribution in [0.5, 0.6) is 5.75 Å².